The lowest BCUT2D eigenvalue weighted by molar-refractivity contribution is -0.147. The highest BCUT2D eigenvalue weighted by atomic mass is 16.6. The Hall–Kier alpha value is -2.11. The van der Waals surface area contributed by atoms with Crippen LogP contribution in [0.15, 0.2) is 47.1 Å². The van der Waals surface area contributed by atoms with E-state index in [4.69, 9.17) is 13.9 Å². The van der Waals surface area contributed by atoms with E-state index in [0.717, 1.165) is 38.2 Å². The molecule has 7 atom stereocenters. The molecule has 0 bridgehead atoms. The van der Waals surface area contributed by atoms with Crippen molar-refractivity contribution in [3.63, 3.8) is 0 Å². The average Bonchev–Trinajstić information content (AvgIpc) is 3.24. The topological polar surface area (TPSA) is 64.0 Å². The summed E-state index contributed by atoms with van der Waals surface area (Å²) in [5.41, 5.74) is 2.88. The molecule has 34 heavy (non-hydrogen) atoms. The third-order valence-electron chi connectivity index (χ3n) is 9.42. The van der Waals surface area contributed by atoms with Gasteiger partial charge in [-0.3, -0.25) is 4.79 Å². The third-order valence-corrected chi connectivity index (χ3v) is 9.42. The Morgan fingerprint density at radius 1 is 1.18 bits per heavy atom. The third kappa shape index (κ3) is 3.91. The van der Waals surface area contributed by atoms with Crippen LogP contribution in [0, 0.1) is 30.1 Å². The molecule has 1 aromatic heterocycles. The molecule has 5 heteroatoms. The summed E-state index contributed by atoms with van der Waals surface area (Å²) in [7, 11) is 0. The van der Waals surface area contributed by atoms with Crippen LogP contribution in [-0.4, -0.2) is 37.4 Å². The lowest BCUT2D eigenvalue weighted by atomic mass is 9.53. The van der Waals surface area contributed by atoms with E-state index in [9.17, 15) is 4.79 Å². The fourth-order valence-corrected chi connectivity index (χ4v) is 7.46. The van der Waals surface area contributed by atoms with Crippen molar-refractivity contribution in [3.8, 4) is 0 Å². The maximum Gasteiger partial charge on any atom is 0.310 e. The zero-order chi connectivity index (χ0) is 23.3. The molecule has 2 saturated heterocycles. The Bertz CT molecular complexity index is 1010. The second-order valence-corrected chi connectivity index (χ2v) is 11.6. The molecule has 2 aliphatic heterocycles. The predicted octanol–water partition coefficient (Wildman–Crippen LogP) is 5.23. The molecule has 3 heterocycles. The van der Waals surface area contributed by atoms with Crippen LogP contribution in [0.5, 0.6) is 0 Å². The van der Waals surface area contributed by atoms with Gasteiger partial charge in [-0.15, -0.1) is 0 Å². The van der Waals surface area contributed by atoms with Crippen molar-refractivity contribution in [1.29, 1.82) is 0 Å². The van der Waals surface area contributed by atoms with Crippen LogP contribution in [-0.2, 0) is 14.3 Å². The number of nitrogens with one attached hydrogen (secondary N) is 1. The fourth-order valence-electron chi connectivity index (χ4n) is 7.46. The number of epoxide rings is 1. The van der Waals surface area contributed by atoms with E-state index < -0.39 is 0 Å². The van der Waals surface area contributed by atoms with Crippen molar-refractivity contribution in [2.75, 3.05) is 19.7 Å². The first kappa shape index (κ1) is 22.4. The maximum absolute atomic E-state index is 12.9. The van der Waals surface area contributed by atoms with Gasteiger partial charge in [0.05, 0.1) is 24.4 Å². The second kappa shape index (κ2) is 8.53. The molecule has 1 N–H and O–H groups in total. The maximum atomic E-state index is 12.9. The molecular formula is C29H37NO4. The van der Waals surface area contributed by atoms with Gasteiger partial charge >= 0.3 is 5.97 Å². The minimum atomic E-state index is -0.0475. The molecule has 6 rings (SSSR count). The van der Waals surface area contributed by atoms with Crippen LogP contribution < -0.4 is 5.32 Å². The highest BCUT2D eigenvalue weighted by Crippen LogP contribution is 2.62. The molecule has 2 aliphatic carbocycles. The van der Waals surface area contributed by atoms with Crippen LogP contribution in [0.4, 0.5) is 0 Å². The number of hydrogen-bond donors (Lipinski definition) is 1. The smallest absolute Gasteiger partial charge is 0.310 e. The number of aryl methyl sites for hydroxylation is 1. The molecule has 4 fully saturated rings. The van der Waals surface area contributed by atoms with Crippen molar-refractivity contribution < 1.29 is 18.7 Å². The standard InChI is InChI=1S/C29H37NO4/c1-19-6-8-20(9-7-19)21(24-5-3-14-32-24)10-13-30-17-23-22-15-26-28(2,16-25(22)34-27(23)31)11-4-12-29(26)18-33-29/h3,5-9,14,21-23,25-26,30H,4,10-13,15-18H2,1-2H3/t21-,22+,23+,25-,26+,28-,29+/m1/s1. The Kier molecular flexibility index (Phi) is 5.61. The van der Waals surface area contributed by atoms with Crippen molar-refractivity contribution in [3.05, 3.63) is 59.5 Å². The van der Waals surface area contributed by atoms with Crippen LogP contribution >= 0.6 is 0 Å². The Morgan fingerprint density at radius 2 is 2.00 bits per heavy atom. The van der Waals surface area contributed by atoms with E-state index in [1.54, 1.807) is 6.26 Å². The SMILES string of the molecule is Cc1ccc([C@@H](CCNC[C@@H]2C(=O)O[C@@H]3C[C@@]4(C)CCC[C@]5(CO5)[C@H]4C[C@@H]23)c2ccco2)cc1. The summed E-state index contributed by atoms with van der Waals surface area (Å²) >= 11 is 0. The first-order valence-electron chi connectivity index (χ1n) is 13.1. The normalized spacial score (nSPS) is 37.2. The average molecular weight is 464 g/mol. The van der Waals surface area contributed by atoms with Gasteiger partial charge < -0.3 is 19.2 Å². The van der Waals surface area contributed by atoms with Gasteiger partial charge in [0.1, 0.15) is 11.9 Å². The van der Waals surface area contributed by atoms with Gasteiger partial charge in [-0.1, -0.05) is 36.8 Å². The summed E-state index contributed by atoms with van der Waals surface area (Å²) in [6.45, 7) is 6.95. The van der Waals surface area contributed by atoms with Gasteiger partial charge in [-0.25, -0.2) is 0 Å². The van der Waals surface area contributed by atoms with Gasteiger partial charge in [-0.05, 0) is 81.0 Å². The molecule has 2 aromatic rings. The number of hydrogen-bond acceptors (Lipinski definition) is 5. The zero-order valence-electron chi connectivity index (χ0n) is 20.4. The van der Waals surface area contributed by atoms with Crippen molar-refractivity contribution in [1.82, 2.24) is 5.32 Å². The molecular weight excluding hydrogens is 426 g/mol. The molecule has 182 valence electrons. The fraction of sp³-hybridized carbons (Fsp3) is 0.621. The van der Waals surface area contributed by atoms with Crippen LogP contribution in [0.25, 0.3) is 0 Å². The number of ether oxygens (including phenoxy) is 2. The van der Waals surface area contributed by atoms with Gasteiger partial charge in [0.25, 0.3) is 0 Å². The quantitative estimate of drug-likeness (QED) is 0.346. The van der Waals surface area contributed by atoms with Crippen LogP contribution in [0.2, 0.25) is 0 Å². The summed E-state index contributed by atoms with van der Waals surface area (Å²) in [4.78, 5) is 12.9. The highest BCUT2D eigenvalue weighted by molar-refractivity contribution is 5.75. The molecule has 5 nitrogen and oxygen atoms in total. The summed E-state index contributed by atoms with van der Waals surface area (Å²) in [5, 5.41) is 3.61. The van der Waals surface area contributed by atoms with E-state index in [0.29, 0.717) is 18.4 Å². The lowest BCUT2D eigenvalue weighted by Gasteiger charge is -2.51. The van der Waals surface area contributed by atoms with E-state index in [-0.39, 0.29) is 34.9 Å². The number of rotatable bonds is 7. The number of furan rings is 1. The Morgan fingerprint density at radius 3 is 2.74 bits per heavy atom. The van der Waals surface area contributed by atoms with Gasteiger partial charge in [0.2, 0.25) is 0 Å². The molecule has 0 amide bonds. The predicted molar refractivity (Wildman–Crippen MR) is 129 cm³/mol. The minimum absolute atomic E-state index is 0.00312. The zero-order valence-corrected chi connectivity index (χ0v) is 20.4. The van der Waals surface area contributed by atoms with Crippen molar-refractivity contribution in [2.24, 2.45) is 23.2 Å². The Labute approximate surface area is 202 Å². The molecule has 0 radical (unpaired) electrons. The number of esters is 1. The van der Waals surface area contributed by atoms with Crippen LogP contribution in [0.1, 0.15) is 68.3 Å². The molecule has 0 unspecified atom stereocenters. The molecule has 1 aromatic carbocycles. The number of fused-ring (bicyclic) bond motifs is 3. The first-order chi connectivity index (χ1) is 16.5. The van der Waals surface area contributed by atoms with Crippen molar-refractivity contribution >= 4 is 5.97 Å². The minimum Gasteiger partial charge on any atom is -0.469 e. The summed E-state index contributed by atoms with van der Waals surface area (Å²) in [6.07, 6.45) is 8.48. The van der Waals surface area contributed by atoms with Crippen molar-refractivity contribution in [2.45, 2.75) is 70.0 Å². The van der Waals surface area contributed by atoms with Gasteiger partial charge in [0, 0.05) is 18.4 Å². The van der Waals surface area contributed by atoms with E-state index in [1.165, 1.54) is 30.4 Å². The summed E-state index contributed by atoms with van der Waals surface area (Å²) < 4.78 is 17.8. The van der Waals surface area contributed by atoms with E-state index in [2.05, 4.69) is 49.5 Å². The van der Waals surface area contributed by atoms with Gasteiger partial charge in [0.15, 0.2) is 0 Å². The number of carbonyl (C=O) groups excluding carboxylic acids is 1. The summed E-state index contributed by atoms with van der Waals surface area (Å²) in [6, 6.07) is 12.7. The summed E-state index contributed by atoms with van der Waals surface area (Å²) in [5.74, 6) is 2.03. The molecule has 1 spiro atoms. The molecule has 4 aliphatic rings. The number of benzene rings is 1. The second-order valence-electron chi connectivity index (χ2n) is 11.6. The monoisotopic (exact) mass is 463 g/mol. The Balaban J connectivity index is 1.09. The first-order valence-corrected chi connectivity index (χ1v) is 13.1. The highest BCUT2D eigenvalue weighted by Gasteiger charge is 2.64. The van der Waals surface area contributed by atoms with E-state index in [1.807, 2.05) is 6.07 Å². The van der Waals surface area contributed by atoms with Crippen LogP contribution in [0.3, 0.4) is 0 Å². The number of carbonyl (C=O) groups is 1. The lowest BCUT2D eigenvalue weighted by Crippen LogP contribution is -2.51. The largest absolute Gasteiger partial charge is 0.469 e. The molecule has 2 saturated carbocycles. The van der Waals surface area contributed by atoms with E-state index >= 15 is 0 Å². The van der Waals surface area contributed by atoms with Gasteiger partial charge in [-0.2, -0.15) is 0 Å².